The van der Waals surface area contributed by atoms with E-state index in [0.717, 1.165) is 51.6 Å². The van der Waals surface area contributed by atoms with Gasteiger partial charge in [-0.25, -0.2) is 9.18 Å². The first-order valence-corrected chi connectivity index (χ1v) is 9.83. The maximum Gasteiger partial charge on any atom is 0.321 e. The molecule has 0 radical (unpaired) electrons. The van der Waals surface area contributed by atoms with E-state index in [1.54, 1.807) is 17.0 Å². The molecule has 7 heteroatoms. The predicted molar refractivity (Wildman–Crippen MR) is 98.9 cm³/mol. The lowest BCUT2D eigenvalue weighted by atomic mass is 9.88. The van der Waals surface area contributed by atoms with Gasteiger partial charge in [0.15, 0.2) is 0 Å². The molecule has 3 saturated heterocycles. The maximum atomic E-state index is 13.0. The van der Waals surface area contributed by atoms with E-state index in [1.807, 2.05) is 4.90 Å². The van der Waals surface area contributed by atoms with Crippen LogP contribution in [-0.4, -0.2) is 59.6 Å². The van der Waals surface area contributed by atoms with Gasteiger partial charge in [-0.05, 0) is 62.8 Å². The van der Waals surface area contributed by atoms with Crippen LogP contribution < -0.4 is 5.32 Å². The number of carbonyl (C=O) groups is 2. The minimum atomic E-state index is -0.329. The number of ether oxygens (including phenoxy) is 1. The third-order valence-electron chi connectivity index (χ3n) is 6.00. The van der Waals surface area contributed by atoms with E-state index < -0.39 is 0 Å². The third kappa shape index (κ3) is 3.93. The summed E-state index contributed by atoms with van der Waals surface area (Å²) in [6, 6.07) is 5.56. The number of hydrogen-bond acceptors (Lipinski definition) is 3. The molecule has 4 rings (SSSR count). The second-order valence-corrected chi connectivity index (χ2v) is 7.78. The fourth-order valence-electron chi connectivity index (χ4n) is 4.35. The Kier molecular flexibility index (Phi) is 5.04. The zero-order valence-corrected chi connectivity index (χ0v) is 15.5. The number of likely N-dealkylation sites (tertiary alicyclic amines) is 2. The first-order chi connectivity index (χ1) is 13.0. The lowest BCUT2D eigenvalue weighted by Crippen LogP contribution is -2.48. The molecule has 1 N–H and O–H groups in total. The highest BCUT2D eigenvalue weighted by Crippen LogP contribution is 2.39. The number of carbonyl (C=O) groups excluding carboxylic acids is 2. The van der Waals surface area contributed by atoms with Gasteiger partial charge in [0.1, 0.15) is 11.9 Å². The summed E-state index contributed by atoms with van der Waals surface area (Å²) >= 11 is 0. The van der Waals surface area contributed by atoms with Crippen LogP contribution in [-0.2, 0) is 9.53 Å². The van der Waals surface area contributed by atoms with Crippen molar-refractivity contribution in [2.45, 2.75) is 50.2 Å². The van der Waals surface area contributed by atoms with Crippen molar-refractivity contribution in [3.63, 3.8) is 0 Å². The fourth-order valence-corrected chi connectivity index (χ4v) is 4.35. The molecule has 3 aliphatic rings. The molecule has 3 aliphatic heterocycles. The van der Waals surface area contributed by atoms with Crippen LogP contribution in [0, 0.1) is 5.82 Å². The number of urea groups is 1. The van der Waals surface area contributed by atoms with Crippen molar-refractivity contribution in [3.05, 3.63) is 30.1 Å². The number of nitrogens with one attached hydrogen (secondary N) is 1. The van der Waals surface area contributed by atoms with Crippen LogP contribution in [0.4, 0.5) is 14.9 Å². The molecule has 3 fully saturated rings. The first kappa shape index (κ1) is 18.2. The lowest BCUT2D eigenvalue weighted by molar-refractivity contribution is -0.149. The van der Waals surface area contributed by atoms with Crippen LogP contribution in [0.5, 0.6) is 0 Å². The van der Waals surface area contributed by atoms with Gasteiger partial charge in [0.25, 0.3) is 5.91 Å². The summed E-state index contributed by atoms with van der Waals surface area (Å²) in [7, 11) is 0. The van der Waals surface area contributed by atoms with E-state index >= 15 is 0 Å². The maximum absolute atomic E-state index is 13.0. The SMILES string of the molecule is O=C(Nc1ccc(F)cc1)N1CCC2(CCC(C(=O)N3CCCC3)O2)CC1. The number of nitrogens with zero attached hydrogens (tertiary/aromatic N) is 2. The Hall–Kier alpha value is -2.15. The molecule has 6 nitrogen and oxygen atoms in total. The molecule has 0 aliphatic carbocycles. The molecular formula is C20H26FN3O3. The molecule has 1 aromatic rings. The van der Waals surface area contributed by atoms with E-state index in [2.05, 4.69) is 5.32 Å². The molecule has 0 bridgehead atoms. The molecule has 146 valence electrons. The first-order valence-electron chi connectivity index (χ1n) is 9.83. The number of piperidine rings is 1. The van der Waals surface area contributed by atoms with Crippen LogP contribution in [0.2, 0.25) is 0 Å². The smallest absolute Gasteiger partial charge is 0.321 e. The quantitative estimate of drug-likeness (QED) is 0.864. The van der Waals surface area contributed by atoms with Gasteiger partial charge in [0.2, 0.25) is 0 Å². The van der Waals surface area contributed by atoms with E-state index in [-0.39, 0.29) is 29.5 Å². The summed E-state index contributed by atoms with van der Waals surface area (Å²) in [5.74, 6) is -0.190. The topological polar surface area (TPSA) is 61.9 Å². The van der Waals surface area contributed by atoms with Gasteiger partial charge in [-0.2, -0.15) is 0 Å². The average Bonchev–Trinajstić information content (AvgIpc) is 3.34. The molecule has 1 spiro atoms. The van der Waals surface area contributed by atoms with Crippen molar-refractivity contribution in [2.75, 3.05) is 31.5 Å². The van der Waals surface area contributed by atoms with Crippen LogP contribution >= 0.6 is 0 Å². The summed E-state index contributed by atoms with van der Waals surface area (Å²) in [6.45, 7) is 2.89. The summed E-state index contributed by atoms with van der Waals surface area (Å²) in [5.41, 5.74) is 0.308. The molecule has 1 unspecified atom stereocenters. The molecule has 0 aromatic heterocycles. The van der Waals surface area contributed by atoms with Crippen molar-refractivity contribution >= 4 is 17.6 Å². The van der Waals surface area contributed by atoms with Crippen LogP contribution in [0.1, 0.15) is 38.5 Å². The number of hydrogen-bond donors (Lipinski definition) is 1. The normalized spacial score (nSPS) is 24.4. The Morgan fingerprint density at radius 1 is 1.00 bits per heavy atom. The van der Waals surface area contributed by atoms with E-state index in [9.17, 15) is 14.0 Å². The number of benzene rings is 1. The minimum Gasteiger partial charge on any atom is -0.362 e. The minimum absolute atomic E-state index is 0.140. The van der Waals surface area contributed by atoms with Gasteiger partial charge in [0.05, 0.1) is 5.60 Å². The number of halogens is 1. The number of rotatable bonds is 2. The molecule has 3 heterocycles. The molecule has 1 aromatic carbocycles. The van der Waals surface area contributed by atoms with Crippen molar-refractivity contribution in [2.24, 2.45) is 0 Å². The summed E-state index contributed by atoms with van der Waals surface area (Å²) in [5, 5.41) is 2.80. The van der Waals surface area contributed by atoms with Crippen LogP contribution in [0.3, 0.4) is 0 Å². The summed E-state index contributed by atoms with van der Waals surface area (Å²) in [6.07, 6.45) is 5.00. The second kappa shape index (κ2) is 7.46. The van der Waals surface area contributed by atoms with E-state index in [4.69, 9.17) is 4.74 Å². The number of amides is 3. The highest BCUT2D eigenvalue weighted by atomic mass is 19.1. The van der Waals surface area contributed by atoms with Crippen molar-refractivity contribution in [3.8, 4) is 0 Å². The van der Waals surface area contributed by atoms with Gasteiger partial charge in [-0.1, -0.05) is 0 Å². The molecule has 1 atom stereocenters. The van der Waals surface area contributed by atoms with E-state index in [0.29, 0.717) is 18.8 Å². The highest BCUT2D eigenvalue weighted by molar-refractivity contribution is 5.89. The van der Waals surface area contributed by atoms with Crippen LogP contribution in [0.15, 0.2) is 24.3 Å². The van der Waals surface area contributed by atoms with Gasteiger partial charge >= 0.3 is 6.03 Å². The monoisotopic (exact) mass is 375 g/mol. The van der Waals surface area contributed by atoms with Gasteiger partial charge in [-0.3, -0.25) is 4.79 Å². The number of anilines is 1. The average molecular weight is 375 g/mol. The standard InChI is InChI=1S/C20H26FN3O3/c21-15-3-5-16(6-4-15)22-19(26)24-13-9-20(10-14-24)8-7-17(27-20)18(25)23-11-1-2-12-23/h3-6,17H,1-2,7-14H2,(H,22,26). The van der Waals surface area contributed by atoms with Crippen LogP contribution in [0.25, 0.3) is 0 Å². The van der Waals surface area contributed by atoms with E-state index in [1.165, 1.54) is 12.1 Å². The third-order valence-corrected chi connectivity index (χ3v) is 6.00. The molecule has 3 amide bonds. The van der Waals surface area contributed by atoms with Gasteiger partial charge in [-0.15, -0.1) is 0 Å². The highest BCUT2D eigenvalue weighted by Gasteiger charge is 2.46. The van der Waals surface area contributed by atoms with Gasteiger partial charge in [0, 0.05) is 31.9 Å². The Morgan fingerprint density at radius 3 is 2.33 bits per heavy atom. The molecule has 27 heavy (non-hydrogen) atoms. The molecular weight excluding hydrogens is 349 g/mol. The Balaban J connectivity index is 1.29. The summed E-state index contributed by atoms with van der Waals surface area (Å²) < 4.78 is 19.2. The van der Waals surface area contributed by atoms with Crippen molar-refractivity contribution in [1.29, 1.82) is 0 Å². The second-order valence-electron chi connectivity index (χ2n) is 7.78. The van der Waals surface area contributed by atoms with Gasteiger partial charge < -0.3 is 19.9 Å². The zero-order valence-electron chi connectivity index (χ0n) is 15.5. The molecule has 0 saturated carbocycles. The predicted octanol–water partition coefficient (Wildman–Crippen LogP) is 2.99. The Bertz CT molecular complexity index is 695. The summed E-state index contributed by atoms with van der Waals surface area (Å²) in [4.78, 5) is 28.7. The van der Waals surface area contributed by atoms with Crippen molar-refractivity contribution in [1.82, 2.24) is 9.80 Å². The Labute approximate surface area is 158 Å². The van der Waals surface area contributed by atoms with Crippen molar-refractivity contribution < 1.29 is 18.7 Å². The fraction of sp³-hybridized carbons (Fsp3) is 0.600. The lowest BCUT2D eigenvalue weighted by Gasteiger charge is -2.39. The zero-order chi connectivity index (χ0) is 18.9. The largest absolute Gasteiger partial charge is 0.362 e. The Morgan fingerprint density at radius 2 is 1.67 bits per heavy atom.